The molecule has 0 aliphatic carbocycles. The van der Waals surface area contributed by atoms with Crippen molar-refractivity contribution in [2.24, 2.45) is 0 Å². The monoisotopic (exact) mass is 468 g/mol. The Balaban J connectivity index is 0.00000385. The highest BCUT2D eigenvalue weighted by atomic mass is 35.5. The maximum atomic E-state index is 13.0. The molecule has 176 valence electrons. The lowest BCUT2D eigenvalue weighted by Gasteiger charge is -2.24. The Hall–Kier alpha value is -2.86. The van der Waals surface area contributed by atoms with Crippen LogP contribution >= 0.6 is 12.4 Å². The third-order valence-corrected chi connectivity index (χ3v) is 5.38. The van der Waals surface area contributed by atoms with Crippen molar-refractivity contribution in [1.82, 2.24) is 9.80 Å². The zero-order valence-corrected chi connectivity index (χ0v) is 20.6. The van der Waals surface area contributed by atoms with Crippen molar-refractivity contribution >= 4 is 18.2 Å². The maximum absolute atomic E-state index is 13.0. The van der Waals surface area contributed by atoms with Crippen molar-refractivity contribution < 1.29 is 14.3 Å². The summed E-state index contributed by atoms with van der Waals surface area (Å²) < 4.78 is 10.6. The Bertz CT molecular complexity index is 1010. The SMILES string of the molecule is COc1ccc(C(=O)c2ccc(CN(CCN(C)C)Cc3ccccc3)cc2)cc1OC.Cl. The summed E-state index contributed by atoms with van der Waals surface area (Å²) in [5.41, 5.74) is 3.71. The van der Waals surface area contributed by atoms with Crippen LogP contribution < -0.4 is 9.47 Å². The van der Waals surface area contributed by atoms with Gasteiger partial charge in [0.25, 0.3) is 0 Å². The van der Waals surface area contributed by atoms with Crippen LogP contribution in [0.5, 0.6) is 11.5 Å². The summed E-state index contributed by atoms with van der Waals surface area (Å²) in [6.45, 7) is 3.67. The van der Waals surface area contributed by atoms with Gasteiger partial charge in [-0.05, 0) is 43.4 Å². The molecule has 0 saturated heterocycles. The molecule has 0 N–H and O–H groups in total. The van der Waals surface area contributed by atoms with Crippen LogP contribution in [0.4, 0.5) is 0 Å². The van der Waals surface area contributed by atoms with E-state index < -0.39 is 0 Å². The molecule has 0 saturated carbocycles. The summed E-state index contributed by atoms with van der Waals surface area (Å²) in [4.78, 5) is 17.6. The largest absolute Gasteiger partial charge is 0.493 e. The van der Waals surface area contributed by atoms with Crippen LogP contribution in [0, 0.1) is 0 Å². The summed E-state index contributed by atoms with van der Waals surface area (Å²) in [6, 6.07) is 23.7. The third-order valence-electron chi connectivity index (χ3n) is 5.38. The van der Waals surface area contributed by atoms with Gasteiger partial charge in [-0.3, -0.25) is 9.69 Å². The molecule has 0 aliphatic rings. The van der Waals surface area contributed by atoms with Gasteiger partial charge in [-0.2, -0.15) is 0 Å². The normalized spacial score (nSPS) is 10.7. The molecule has 0 aromatic heterocycles. The van der Waals surface area contributed by atoms with Gasteiger partial charge < -0.3 is 14.4 Å². The molecule has 0 fully saturated rings. The van der Waals surface area contributed by atoms with Gasteiger partial charge in [-0.25, -0.2) is 0 Å². The Morgan fingerprint density at radius 1 is 0.727 bits per heavy atom. The molecule has 0 heterocycles. The molecule has 3 aromatic rings. The van der Waals surface area contributed by atoms with Crippen molar-refractivity contribution in [3.8, 4) is 11.5 Å². The first-order valence-electron chi connectivity index (χ1n) is 10.8. The fourth-order valence-electron chi connectivity index (χ4n) is 3.56. The predicted octanol–water partition coefficient (Wildman–Crippen LogP) is 4.92. The van der Waals surface area contributed by atoms with Crippen LogP contribution in [0.25, 0.3) is 0 Å². The van der Waals surface area contributed by atoms with Gasteiger partial charge in [0.15, 0.2) is 17.3 Å². The zero-order valence-electron chi connectivity index (χ0n) is 19.8. The van der Waals surface area contributed by atoms with Gasteiger partial charge >= 0.3 is 0 Å². The molecule has 0 atom stereocenters. The summed E-state index contributed by atoms with van der Waals surface area (Å²) in [6.07, 6.45) is 0. The van der Waals surface area contributed by atoms with Gasteiger partial charge in [0.1, 0.15) is 0 Å². The van der Waals surface area contributed by atoms with E-state index in [-0.39, 0.29) is 18.2 Å². The highest BCUT2D eigenvalue weighted by molar-refractivity contribution is 6.09. The lowest BCUT2D eigenvalue weighted by Crippen LogP contribution is -2.31. The van der Waals surface area contributed by atoms with Crippen LogP contribution in [0.1, 0.15) is 27.0 Å². The number of carbonyl (C=O) groups is 1. The molecule has 5 nitrogen and oxygen atoms in total. The molecular formula is C27H33ClN2O3. The lowest BCUT2D eigenvalue weighted by atomic mass is 10.0. The number of hydrogen-bond donors (Lipinski definition) is 0. The van der Waals surface area contributed by atoms with Gasteiger partial charge in [0.2, 0.25) is 0 Å². The lowest BCUT2D eigenvalue weighted by molar-refractivity contribution is 0.103. The Morgan fingerprint density at radius 3 is 1.88 bits per heavy atom. The van der Waals surface area contributed by atoms with Crippen molar-refractivity contribution in [2.75, 3.05) is 41.4 Å². The Morgan fingerprint density at radius 2 is 1.30 bits per heavy atom. The Kier molecular flexibility index (Phi) is 10.4. The van der Waals surface area contributed by atoms with E-state index in [1.807, 2.05) is 30.3 Å². The number of halogens is 1. The third kappa shape index (κ3) is 7.60. The topological polar surface area (TPSA) is 42.0 Å². The summed E-state index contributed by atoms with van der Waals surface area (Å²) in [7, 11) is 7.33. The fraction of sp³-hybridized carbons (Fsp3) is 0.296. The number of likely N-dealkylation sites (N-methyl/N-ethyl adjacent to an activating group) is 1. The molecule has 0 bridgehead atoms. The highest BCUT2D eigenvalue weighted by Crippen LogP contribution is 2.28. The van der Waals surface area contributed by atoms with Crippen molar-refractivity contribution in [3.63, 3.8) is 0 Å². The average Bonchev–Trinajstić information content (AvgIpc) is 2.82. The number of ether oxygens (including phenoxy) is 2. The van der Waals surface area contributed by atoms with E-state index in [4.69, 9.17) is 9.47 Å². The summed E-state index contributed by atoms with van der Waals surface area (Å²) in [5.74, 6) is 1.12. The summed E-state index contributed by atoms with van der Waals surface area (Å²) in [5, 5.41) is 0. The maximum Gasteiger partial charge on any atom is 0.193 e. The number of rotatable bonds is 11. The number of hydrogen-bond acceptors (Lipinski definition) is 5. The molecule has 0 unspecified atom stereocenters. The molecule has 0 aliphatic heterocycles. The molecule has 6 heteroatoms. The van der Waals surface area contributed by atoms with E-state index in [1.165, 1.54) is 11.1 Å². The molecular weight excluding hydrogens is 436 g/mol. The van der Waals surface area contributed by atoms with Crippen molar-refractivity contribution in [2.45, 2.75) is 13.1 Å². The minimum Gasteiger partial charge on any atom is -0.493 e. The van der Waals surface area contributed by atoms with E-state index in [9.17, 15) is 4.79 Å². The van der Waals surface area contributed by atoms with E-state index in [1.54, 1.807) is 32.4 Å². The first-order valence-corrected chi connectivity index (χ1v) is 10.8. The minimum absolute atomic E-state index is 0. The standard InChI is InChI=1S/C27H32N2O3.ClH/c1-28(2)16-17-29(19-21-8-6-5-7-9-21)20-22-10-12-23(13-11-22)27(30)24-14-15-25(31-3)26(18-24)32-4;/h5-15,18H,16-17,19-20H2,1-4H3;1H. The van der Waals surface area contributed by atoms with Crippen LogP contribution in [0.2, 0.25) is 0 Å². The van der Waals surface area contributed by atoms with Crippen molar-refractivity contribution in [1.29, 1.82) is 0 Å². The first-order chi connectivity index (χ1) is 15.5. The molecule has 3 rings (SSSR count). The second kappa shape index (κ2) is 13.0. The molecule has 0 spiro atoms. The molecule has 0 amide bonds. The van der Waals surface area contributed by atoms with E-state index in [0.717, 1.165) is 26.2 Å². The quantitative estimate of drug-likeness (QED) is 0.373. The molecule has 3 aromatic carbocycles. The number of carbonyl (C=O) groups excluding carboxylic acids is 1. The second-order valence-electron chi connectivity index (χ2n) is 8.10. The van der Waals surface area contributed by atoms with Gasteiger partial charge in [0, 0.05) is 37.3 Å². The van der Waals surface area contributed by atoms with E-state index in [2.05, 4.69) is 48.2 Å². The predicted molar refractivity (Wildman–Crippen MR) is 136 cm³/mol. The number of nitrogens with zero attached hydrogens (tertiary/aromatic N) is 2. The average molecular weight is 469 g/mol. The number of methoxy groups -OCH3 is 2. The Labute approximate surface area is 203 Å². The number of ketones is 1. The minimum atomic E-state index is -0.0359. The number of benzene rings is 3. The second-order valence-corrected chi connectivity index (χ2v) is 8.10. The molecule has 33 heavy (non-hydrogen) atoms. The summed E-state index contributed by atoms with van der Waals surface area (Å²) >= 11 is 0. The molecule has 0 radical (unpaired) electrons. The zero-order chi connectivity index (χ0) is 22.9. The highest BCUT2D eigenvalue weighted by Gasteiger charge is 2.14. The van der Waals surface area contributed by atoms with Crippen LogP contribution in [0.15, 0.2) is 72.8 Å². The van der Waals surface area contributed by atoms with Gasteiger partial charge in [0.05, 0.1) is 14.2 Å². The van der Waals surface area contributed by atoms with Crippen LogP contribution in [0.3, 0.4) is 0 Å². The smallest absolute Gasteiger partial charge is 0.193 e. The van der Waals surface area contributed by atoms with Crippen molar-refractivity contribution in [3.05, 3.63) is 95.1 Å². The fourth-order valence-corrected chi connectivity index (χ4v) is 3.56. The van der Waals surface area contributed by atoms with E-state index in [0.29, 0.717) is 22.6 Å². The van der Waals surface area contributed by atoms with Crippen LogP contribution in [-0.4, -0.2) is 57.0 Å². The van der Waals surface area contributed by atoms with E-state index >= 15 is 0 Å². The van der Waals surface area contributed by atoms with Gasteiger partial charge in [-0.1, -0.05) is 54.6 Å². The first kappa shape index (κ1) is 26.4. The van der Waals surface area contributed by atoms with Gasteiger partial charge in [-0.15, -0.1) is 12.4 Å². The van der Waals surface area contributed by atoms with Crippen LogP contribution in [-0.2, 0) is 13.1 Å².